The second kappa shape index (κ2) is 9.09. The molecule has 2 atom stereocenters. The molecule has 1 N–H and O–H groups in total. The van der Waals surface area contributed by atoms with Gasteiger partial charge in [-0.1, -0.05) is 37.8 Å². The molecule has 0 aromatic heterocycles. The lowest BCUT2D eigenvalue weighted by Gasteiger charge is -2.32. The summed E-state index contributed by atoms with van der Waals surface area (Å²) in [5.41, 5.74) is 1.89. The second-order valence-electron chi connectivity index (χ2n) is 8.88. The van der Waals surface area contributed by atoms with E-state index in [2.05, 4.69) is 23.5 Å². The molecule has 0 aliphatic carbocycles. The minimum absolute atomic E-state index is 0.0297. The number of rotatable bonds is 6. The maximum absolute atomic E-state index is 12.8. The van der Waals surface area contributed by atoms with Crippen LogP contribution in [0.3, 0.4) is 0 Å². The molecule has 1 aromatic rings. The first-order chi connectivity index (χ1) is 14.1. The average molecular weight is 433 g/mol. The lowest BCUT2D eigenvalue weighted by molar-refractivity contribution is -0.135. The molecule has 6 nitrogen and oxygen atoms in total. The molecule has 30 heavy (non-hydrogen) atoms. The van der Waals surface area contributed by atoms with Crippen molar-refractivity contribution in [3.8, 4) is 11.8 Å². The van der Waals surface area contributed by atoms with Gasteiger partial charge in [0, 0.05) is 24.1 Å². The van der Waals surface area contributed by atoms with Crippen LogP contribution in [0.15, 0.2) is 24.3 Å². The summed E-state index contributed by atoms with van der Waals surface area (Å²) in [4.78, 5) is 14.6. The fourth-order valence-corrected chi connectivity index (χ4v) is 4.79. The van der Waals surface area contributed by atoms with Gasteiger partial charge in [0.2, 0.25) is 15.9 Å². The van der Waals surface area contributed by atoms with Crippen LogP contribution in [0.1, 0.15) is 45.2 Å². The van der Waals surface area contributed by atoms with Crippen molar-refractivity contribution in [2.24, 2.45) is 11.3 Å². The van der Waals surface area contributed by atoms with Crippen LogP contribution < -0.4 is 4.72 Å². The van der Waals surface area contributed by atoms with Gasteiger partial charge < -0.3 is 9.64 Å². The van der Waals surface area contributed by atoms with E-state index in [1.165, 1.54) is 0 Å². The Hall–Kier alpha value is -1.88. The van der Waals surface area contributed by atoms with Crippen LogP contribution in [0.4, 0.5) is 0 Å². The fourth-order valence-electron chi connectivity index (χ4n) is 3.88. The molecule has 2 aliphatic rings. The number of ether oxygens (including phenoxy) is 1. The molecule has 0 bridgehead atoms. The van der Waals surface area contributed by atoms with Crippen molar-refractivity contribution in [3.63, 3.8) is 0 Å². The third-order valence-electron chi connectivity index (χ3n) is 5.76. The molecule has 0 spiro atoms. The van der Waals surface area contributed by atoms with Crippen molar-refractivity contribution in [2.45, 2.75) is 52.6 Å². The molecule has 2 aliphatic heterocycles. The fraction of sp³-hybridized carbons (Fsp3) is 0.609. The molecule has 2 fully saturated rings. The van der Waals surface area contributed by atoms with E-state index in [0.717, 1.165) is 11.1 Å². The smallest absolute Gasteiger partial charge is 0.225 e. The number of likely N-dealkylation sites (tertiary alicyclic amines) is 1. The first-order valence-corrected chi connectivity index (χ1v) is 12.3. The SMILES string of the molecule is CCS(=O)(=O)N[C@@H]1CCN(C(=O)C(C)C)[C@@H]1Cc1cccc(C#CC2(C)COC2)c1. The van der Waals surface area contributed by atoms with Crippen LogP contribution in [0, 0.1) is 23.2 Å². The molecule has 0 radical (unpaired) electrons. The molecule has 0 unspecified atom stereocenters. The molecule has 0 saturated carbocycles. The average Bonchev–Trinajstić information content (AvgIpc) is 3.06. The van der Waals surface area contributed by atoms with Gasteiger partial charge in [0.25, 0.3) is 0 Å². The highest BCUT2D eigenvalue weighted by Gasteiger charge is 2.39. The number of benzene rings is 1. The standard InChI is InChI=1S/C23H32N2O4S/c1-5-30(27,28)24-20-10-12-25(22(26)17(2)3)21(20)14-19-8-6-7-18(13-19)9-11-23(4)15-29-16-23/h6-8,13,17,20-21,24H,5,10,12,14-16H2,1-4H3/t20-,21-/m1/s1. The summed E-state index contributed by atoms with van der Waals surface area (Å²) < 4.78 is 32.4. The van der Waals surface area contributed by atoms with Crippen molar-refractivity contribution in [1.29, 1.82) is 0 Å². The van der Waals surface area contributed by atoms with Crippen molar-refractivity contribution >= 4 is 15.9 Å². The van der Waals surface area contributed by atoms with Crippen LogP contribution in [0.25, 0.3) is 0 Å². The van der Waals surface area contributed by atoms with Crippen LogP contribution in [0.5, 0.6) is 0 Å². The van der Waals surface area contributed by atoms with Gasteiger partial charge in [-0.2, -0.15) is 0 Å². The van der Waals surface area contributed by atoms with Crippen molar-refractivity contribution in [1.82, 2.24) is 9.62 Å². The quantitative estimate of drug-likeness (QED) is 0.699. The maximum Gasteiger partial charge on any atom is 0.225 e. The zero-order valence-corrected chi connectivity index (χ0v) is 19.1. The largest absolute Gasteiger partial charge is 0.378 e. The van der Waals surface area contributed by atoms with E-state index in [0.29, 0.717) is 32.6 Å². The van der Waals surface area contributed by atoms with Crippen molar-refractivity contribution in [3.05, 3.63) is 35.4 Å². The third kappa shape index (κ3) is 5.42. The Bertz CT molecular complexity index is 941. The molecule has 3 rings (SSSR count). The van der Waals surface area contributed by atoms with E-state index < -0.39 is 10.0 Å². The Kier molecular flexibility index (Phi) is 6.91. The van der Waals surface area contributed by atoms with E-state index in [9.17, 15) is 13.2 Å². The summed E-state index contributed by atoms with van der Waals surface area (Å²) in [6.07, 6.45) is 1.21. The molecule has 2 heterocycles. The maximum atomic E-state index is 12.8. The molecule has 7 heteroatoms. The Morgan fingerprint density at radius 3 is 2.70 bits per heavy atom. The van der Waals surface area contributed by atoms with Gasteiger partial charge in [0.1, 0.15) is 0 Å². The van der Waals surface area contributed by atoms with Crippen LogP contribution in [0.2, 0.25) is 0 Å². The second-order valence-corrected chi connectivity index (χ2v) is 10.9. The Morgan fingerprint density at radius 1 is 1.37 bits per heavy atom. The summed E-state index contributed by atoms with van der Waals surface area (Å²) in [6.45, 7) is 9.36. The lowest BCUT2D eigenvalue weighted by atomic mass is 9.89. The number of hydrogen-bond donors (Lipinski definition) is 1. The van der Waals surface area contributed by atoms with E-state index in [1.54, 1.807) is 6.92 Å². The van der Waals surface area contributed by atoms with Gasteiger partial charge in [-0.05, 0) is 44.4 Å². The van der Waals surface area contributed by atoms with Gasteiger partial charge in [0.05, 0.1) is 30.4 Å². The third-order valence-corrected chi connectivity index (χ3v) is 7.18. The molecule has 1 amide bonds. The molecular weight excluding hydrogens is 400 g/mol. The first kappa shape index (κ1) is 22.8. The number of nitrogens with zero attached hydrogens (tertiary/aromatic N) is 1. The van der Waals surface area contributed by atoms with E-state index in [4.69, 9.17) is 4.74 Å². The Morgan fingerprint density at radius 2 is 2.10 bits per heavy atom. The summed E-state index contributed by atoms with van der Waals surface area (Å²) in [6, 6.07) is 7.51. The van der Waals surface area contributed by atoms with Crippen LogP contribution in [-0.4, -0.2) is 56.8 Å². The summed E-state index contributed by atoms with van der Waals surface area (Å²) in [5, 5.41) is 0. The highest BCUT2D eigenvalue weighted by molar-refractivity contribution is 7.89. The number of hydrogen-bond acceptors (Lipinski definition) is 4. The van der Waals surface area contributed by atoms with Gasteiger partial charge in [-0.25, -0.2) is 13.1 Å². The lowest BCUT2D eigenvalue weighted by Crippen LogP contribution is -2.49. The Labute approximate surface area is 180 Å². The zero-order valence-electron chi connectivity index (χ0n) is 18.3. The zero-order chi connectivity index (χ0) is 21.9. The van der Waals surface area contributed by atoms with Gasteiger partial charge >= 0.3 is 0 Å². The predicted molar refractivity (Wildman–Crippen MR) is 117 cm³/mol. The number of carbonyl (C=O) groups is 1. The number of amides is 1. The van der Waals surface area contributed by atoms with E-state index in [1.807, 2.05) is 43.0 Å². The molecule has 2 saturated heterocycles. The number of nitrogens with one attached hydrogen (secondary N) is 1. The van der Waals surface area contributed by atoms with Crippen molar-refractivity contribution < 1.29 is 17.9 Å². The molecule has 164 valence electrons. The highest BCUT2D eigenvalue weighted by atomic mass is 32.2. The van der Waals surface area contributed by atoms with Crippen LogP contribution in [-0.2, 0) is 26.0 Å². The minimum Gasteiger partial charge on any atom is -0.378 e. The number of carbonyl (C=O) groups excluding carboxylic acids is 1. The summed E-state index contributed by atoms with van der Waals surface area (Å²) in [7, 11) is -3.35. The molecule has 1 aromatic carbocycles. The minimum atomic E-state index is -3.35. The van der Waals surface area contributed by atoms with Gasteiger partial charge in [0.15, 0.2) is 0 Å². The monoisotopic (exact) mass is 432 g/mol. The van der Waals surface area contributed by atoms with Gasteiger partial charge in [-0.3, -0.25) is 4.79 Å². The highest BCUT2D eigenvalue weighted by Crippen LogP contribution is 2.26. The number of sulfonamides is 1. The normalized spacial score (nSPS) is 23.0. The van der Waals surface area contributed by atoms with Crippen molar-refractivity contribution in [2.75, 3.05) is 25.5 Å². The summed E-state index contributed by atoms with van der Waals surface area (Å²) >= 11 is 0. The van der Waals surface area contributed by atoms with Crippen LogP contribution >= 0.6 is 0 Å². The summed E-state index contributed by atoms with van der Waals surface area (Å²) in [5.74, 6) is 6.50. The Balaban J connectivity index is 1.82. The first-order valence-electron chi connectivity index (χ1n) is 10.6. The predicted octanol–water partition coefficient (Wildman–Crippen LogP) is 2.18. The van der Waals surface area contributed by atoms with Gasteiger partial charge in [-0.15, -0.1) is 0 Å². The van der Waals surface area contributed by atoms with E-state index in [-0.39, 0.29) is 35.1 Å². The molecular formula is C23H32N2O4S. The van der Waals surface area contributed by atoms with E-state index >= 15 is 0 Å². The topological polar surface area (TPSA) is 75.7 Å².